The standard InChI is InChI=1S/C17H16ClFN2O4/c1-3-25-15-13(18)8-11(9-14(15)24-2)17(23)21-20-16(22)10-4-6-12(19)7-5-10/h4-9H,3H2,1-2H3,(H,20,22)(H,21,23). The third-order valence-electron chi connectivity index (χ3n) is 3.18. The quantitative estimate of drug-likeness (QED) is 0.798. The lowest BCUT2D eigenvalue weighted by Gasteiger charge is -2.13. The van der Waals surface area contributed by atoms with Crippen LogP contribution in [-0.2, 0) is 0 Å². The van der Waals surface area contributed by atoms with Gasteiger partial charge in [-0.3, -0.25) is 20.4 Å². The van der Waals surface area contributed by atoms with E-state index in [1.54, 1.807) is 6.92 Å². The van der Waals surface area contributed by atoms with Gasteiger partial charge in [-0.15, -0.1) is 0 Å². The minimum absolute atomic E-state index is 0.171. The second kappa shape index (κ2) is 8.34. The maximum absolute atomic E-state index is 12.8. The molecule has 0 bridgehead atoms. The molecule has 8 heteroatoms. The summed E-state index contributed by atoms with van der Waals surface area (Å²) < 4.78 is 23.4. The first-order valence-corrected chi connectivity index (χ1v) is 7.70. The number of carbonyl (C=O) groups is 2. The highest BCUT2D eigenvalue weighted by Gasteiger charge is 2.16. The van der Waals surface area contributed by atoms with Crippen molar-refractivity contribution < 1.29 is 23.5 Å². The van der Waals surface area contributed by atoms with Gasteiger partial charge < -0.3 is 9.47 Å². The SMILES string of the molecule is CCOc1c(Cl)cc(C(=O)NNC(=O)c2ccc(F)cc2)cc1OC. The number of benzene rings is 2. The van der Waals surface area contributed by atoms with Gasteiger partial charge in [-0.05, 0) is 43.3 Å². The van der Waals surface area contributed by atoms with Crippen molar-refractivity contribution in [2.24, 2.45) is 0 Å². The van der Waals surface area contributed by atoms with E-state index >= 15 is 0 Å². The molecule has 0 heterocycles. The van der Waals surface area contributed by atoms with E-state index in [1.807, 2.05) is 0 Å². The van der Waals surface area contributed by atoms with Crippen LogP contribution in [0.5, 0.6) is 11.5 Å². The van der Waals surface area contributed by atoms with E-state index in [4.69, 9.17) is 21.1 Å². The average molecular weight is 367 g/mol. The maximum atomic E-state index is 12.8. The molecule has 2 N–H and O–H groups in total. The van der Waals surface area contributed by atoms with Crippen LogP contribution in [0.4, 0.5) is 4.39 Å². The lowest BCUT2D eigenvalue weighted by atomic mass is 10.2. The summed E-state index contributed by atoms with van der Waals surface area (Å²) in [5.41, 5.74) is 4.86. The predicted octanol–water partition coefficient (Wildman–Crippen LogP) is 2.96. The summed E-state index contributed by atoms with van der Waals surface area (Å²) in [6.07, 6.45) is 0. The van der Waals surface area contributed by atoms with E-state index in [-0.39, 0.29) is 16.1 Å². The molecule has 0 aliphatic heterocycles. The number of rotatable bonds is 5. The Hall–Kier alpha value is -2.80. The first kappa shape index (κ1) is 18.5. The van der Waals surface area contributed by atoms with Crippen molar-refractivity contribution in [2.45, 2.75) is 6.92 Å². The van der Waals surface area contributed by atoms with Crippen molar-refractivity contribution in [3.63, 3.8) is 0 Å². The third kappa shape index (κ3) is 4.60. The van der Waals surface area contributed by atoms with Crippen LogP contribution in [0.3, 0.4) is 0 Å². The van der Waals surface area contributed by atoms with E-state index in [2.05, 4.69) is 10.9 Å². The lowest BCUT2D eigenvalue weighted by molar-refractivity contribution is 0.0846. The van der Waals surface area contributed by atoms with Crippen molar-refractivity contribution in [1.29, 1.82) is 0 Å². The smallest absolute Gasteiger partial charge is 0.269 e. The zero-order valence-corrected chi connectivity index (χ0v) is 14.3. The van der Waals surface area contributed by atoms with Gasteiger partial charge >= 0.3 is 0 Å². The van der Waals surface area contributed by atoms with E-state index in [9.17, 15) is 14.0 Å². The van der Waals surface area contributed by atoms with Gasteiger partial charge in [0.2, 0.25) is 0 Å². The number of hydrogen-bond donors (Lipinski definition) is 2. The zero-order valence-electron chi connectivity index (χ0n) is 13.6. The molecule has 0 saturated carbocycles. The van der Waals surface area contributed by atoms with E-state index in [0.717, 1.165) is 12.1 Å². The van der Waals surface area contributed by atoms with Crippen molar-refractivity contribution in [2.75, 3.05) is 13.7 Å². The Morgan fingerprint density at radius 3 is 2.24 bits per heavy atom. The molecule has 132 valence electrons. The van der Waals surface area contributed by atoms with Crippen LogP contribution >= 0.6 is 11.6 Å². The molecule has 0 unspecified atom stereocenters. The second-order valence-electron chi connectivity index (χ2n) is 4.84. The fraction of sp³-hybridized carbons (Fsp3) is 0.176. The Bertz CT molecular complexity index is 781. The zero-order chi connectivity index (χ0) is 18.4. The molecule has 0 aliphatic rings. The molecule has 0 fully saturated rings. The van der Waals surface area contributed by atoms with Gasteiger partial charge in [0.1, 0.15) is 5.82 Å². The highest BCUT2D eigenvalue weighted by molar-refractivity contribution is 6.32. The average Bonchev–Trinajstić information content (AvgIpc) is 2.61. The fourth-order valence-corrected chi connectivity index (χ4v) is 2.26. The Morgan fingerprint density at radius 1 is 1.08 bits per heavy atom. The minimum atomic E-state index is -0.598. The summed E-state index contributed by atoms with van der Waals surface area (Å²) in [7, 11) is 1.42. The summed E-state index contributed by atoms with van der Waals surface area (Å²) in [6, 6.07) is 7.73. The van der Waals surface area contributed by atoms with Crippen LogP contribution in [-0.4, -0.2) is 25.5 Å². The molecule has 6 nitrogen and oxygen atoms in total. The molecule has 2 aromatic rings. The predicted molar refractivity (Wildman–Crippen MR) is 90.5 cm³/mol. The summed E-state index contributed by atoms with van der Waals surface area (Å²) in [5.74, 6) is -1.02. The molecule has 0 atom stereocenters. The van der Waals surface area contributed by atoms with Gasteiger partial charge in [0.05, 0.1) is 18.7 Å². The summed E-state index contributed by atoms with van der Waals surface area (Å²) in [6.45, 7) is 2.18. The normalized spacial score (nSPS) is 10.1. The molecule has 25 heavy (non-hydrogen) atoms. The Balaban J connectivity index is 2.09. The van der Waals surface area contributed by atoms with Gasteiger partial charge in [-0.25, -0.2) is 4.39 Å². The van der Waals surface area contributed by atoms with Crippen molar-refractivity contribution >= 4 is 23.4 Å². The molecular formula is C17H16ClFN2O4. The monoisotopic (exact) mass is 366 g/mol. The van der Waals surface area contributed by atoms with Crippen molar-refractivity contribution in [3.05, 3.63) is 58.4 Å². The van der Waals surface area contributed by atoms with Crippen molar-refractivity contribution in [1.82, 2.24) is 10.9 Å². The molecule has 0 spiro atoms. The number of ether oxygens (including phenoxy) is 2. The van der Waals surface area contributed by atoms with Gasteiger partial charge in [-0.1, -0.05) is 11.6 Å². The highest BCUT2D eigenvalue weighted by Crippen LogP contribution is 2.36. The first-order chi connectivity index (χ1) is 12.0. The molecule has 2 rings (SSSR count). The van der Waals surface area contributed by atoms with Gasteiger partial charge in [0.15, 0.2) is 11.5 Å². The summed E-state index contributed by atoms with van der Waals surface area (Å²) >= 11 is 6.10. The van der Waals surface area contributed by atoms with Crippen LogP contribution in [0.2, 0.25) is 5.02 Å². The van der Waals surface area contributed by atoms with Crippen LogP contribution in [0.15, 0.2) is 36.4 Å². The van der Waals surface area contributed by atoms with Crippen LogP contribution in [0.1, 0.15) is 27.6 Å². The topological polar surface area (TPSA) is 76.7 Å². The van der Waals surface area contributed by atoms with Crippen LogP contribution in [0.25, 0.3) is 0 Å². The third-order valence-corrected chi connectivity index (χ3v) is 3.46. The van der Waals surface area contributed by atoms with E-state index < -0.39 is 17.6 Å². The van der Waals surface area contributed by atoms with Gasteiger partial charge in [0.25, 0.3) is 11.8 Å². The first-order valence-electron chi connectivity index (χ1n) is 7.32. The van der Waals surface area contributed by atoms with Gasteiger partial charge in [0, 0.05) is 11.1 Å². The summed E-state index contributed by atoms with van der Waals surface area (Å²) in [5, 5.41) is 0.205. The van der Waals surface area contributed by atoms with E-state index in [1.165, 1.54) is 31.4 Å². The fourth-order valence-electron chi connectivity index (χ4n) is 1.99. The van der Waals surface area contributed by atoms with Crippen LogP contribution in [0, 0.1) is 5.82 Å². The molecule has 0 saturated heterocycles. The lowest BCUT2D eigenvalue weighted by Crippen LogP contribution is -2.41. The molecule has 2 aromatic carbocycles. The number of nitrogens with one attached hydrogen (secondary N) is 2. The highest BCUT2D eigenvalue weighted by atomic mass is 35.5. The van der Waals surface area contributed by atoms with Crippen LogP contribution < -0.4 is 20.3 Å². The molecular weight excluding hydrogens is 351 g/mol. The number of hydrazine groups is 1. The number of amides is 2. The number of carbonyl (C=O) groups excluding carboxylic acids is 2. The van der Waals surface area contributed by atoms with E-state index in [0.29, 0.717) is 18.1 Å². The number of methoxy groups -OCH3 is 1. The molecule has 0 aliphatic carbocycles. The number of hydrogen-bond acceptors (Lipinski definition) is 4. The Labute approximate surface area is 148 Å². The Morgan fingerprint density at radius 2 is 1.68 bits per heavy atom. The second-order valence-corrected chi connectivity index (χ2v) is 5.24. The largest absolute Gasteiger partial charge is 0.493 e. The molecule has 0 radical (unpaired) electrons. The van der Waals surface area contributed by atoms with Gasteiger partial charge in [-0.2, -0.15) is 0 Å². The number of halogens is 2. The van der Waals surface area contributed by atoms with Crippen molar-refractivity contribution in [3.8, 4) is 11.5 Å². The summed E-state index contributed by atoms with van der Waals surface area (Å²) in [4.78, 5) is 24.1. The molecule has 0 aromatic heterocycles. The Kier molecular flexibility index (Phi) is 6.19. The molecule has 2 amide bonds. The maximum Gasteiger partial charge on any atom is 0.269 e. The minimum Gasteiger partial charge on any atom is -0.493 e.